The van der Waals surface area contributed by atoms with Crippen LogP contribution in [0.25, 0.3) is 0 Å². The number of rotatable bonds is 42. The lowest BCUT2D eigenvalue weighted by atomic mass is 10.1. The second-order valence-corrected chi connectivity index (χ2v) is 18.4. The highest BCUT2D eigenvalue weighted by molar-refractivity contribution is 7.47. The largest absolute Gasteiger partial charge is 0.472 e. The summed E-state index contributed by atoms with van der Waals surface area (Å²) in [5.41, 5.74) is 0. The molecule has 0 heterocycles. The molecule has 0 rings (SSSR count). The van der Waals surface area contributed by atoms with Gasteiger partial charge in [-0.25, -0.2) is 4.57 Å². The predicted molar refractivity (Wildman–Crippen MR) is 258 cm³/mol. The fraction of sp³-hybridized carbons (Fsp3) is 0.686. The quantitative estimate of drug-likeness (QED) is 0.0154. The van der Waals surface area contributed by atoms with E-state index in [2.05, 4.69) is 56.4 Å². The van der Waals surface area contributed by atoms with E-state index in [0.29, 0.717) is 36.7 Å². The summed E-state index contributed by atoms with van der Waals surface area (Å²) in [6.45, 7) is 4.19. The molecule has 0 amide bonds. The molecule has 0 aliphatic rings. The Morgan fingerprint density at radius 1 is 0.581 bits per heavy atom. The molecule has 62 heavy (non-hydrogen) atoms. The fourth-order valence-electron chi connectivity index (χ4n) is 5.92. The third kappa shape index (κ3) is 45.2. The number of hydrogen-bond donors (Lipinski definition) is 2. The highest BCUT2D eigenvalue weighted by Gasteiger charge is 2.27. The minimum Gasteiger partial charge on any atom is -0.462 e. The second kappa shape index (κ2) is 42.1. The Labute approximate surface area is 378 Å². The van der Waals surface area contributed by atoms with E-state index in [1.165, 1.54) is 51.4 Å². The second-order valence-electron chi connectivity index (χ2n) is 17.0. The lowest BCUT2D eigenvalue weighted by Crippen LogP contribution is -2.37. The lowest BCUT2D eigenvalue weighted by Gasteiger charge is -2.24. The topological polar surface area (TPSA) is 129 Å². The van der Waals surface area contributed by atoms with E-state index < -0.39 is 38.6 Å². The molecule has 2 N–H and O–H groups in total. The number of hydrogen-bond acceptors (Lipinski definition) is 8. The predicted octanol–water partition coefficient (Wildman–Crippen LogP) is 12.9. The van der Waals surface area contributed by atoms with E-state index in [-0.39, 0.29) is 26.1 Å². The zero-order valence-electron chi connectivity index (χ0n) is 39.7. The molecule has 0 bridgehead atoms. The van der Waals surface area contributed by atoms with E-state index in [1.807, 2.05) is 57.6 Å². The molecule has 0 aromatic carbocycles. The Bertz CT molecular complexity index is 1340. The van der Waals surface area contributed by atoms with Gasteiger partial charge in [-0.3, -0.25) is 18.6 Å². The molecule has 0 aliphatic heterocycles. The van der Waals surface area contributed by atoms with Crippen LogP contribution < -0.4 is 0 Å². The highest BCUT2D eigenvalue weighted by Crippen LogP contribution is 2.43. The van der Waals surface area contributed by atoms with Gasteiger partial charge in [-0.15, -0.1) is 0 Å². The van der Waals surface area contributed by atoms with Gasteiger partial charge in [-0.05, 0) is 83.5 Å². The van der Waals surface area contributed by atoms with Crippen molar-refractivity contribution >= 4 is 19.8 Å². The average Bonchev–Trinajstić information content (AvgIpc) is 3.22. The first-order valence-corrected chi connectivity index (χ1v) is 25.4. The number of aliphatic hydroxyl groups is 1. The van der Waals surface area contributed by atoms with Crippen molar-refractivity contribution in [1.82, 2.24) is 0 Å². The van der Waals surface area contributed by atoms with Gasteiger partial charge in [0.05, 0.1) is 33.9 Å². The number of ether oxygens (including phenoxy) is 2. The van der Waals surface area contributed by atoms with Crippen LogP contribution in [0.3, 0.4) is 0 Å². The highest BCUT2D eigenvalue weighted by atomic mass is 31.2. The summed E-state index contributed by atoms with van der Waals surface area (Å²) in [7, 11) is 1.38. The SMILES string of the molecule is CCCCC/C=C\C=C/[C@H](O)C/C=C\C/C=C/CCCC(=O)O[C@H](COC(=O)CCCCCCCC/C=C\C/C=C\C/C=C\CCCCCC)COP(=O)(O)OCC[N+](C)(C)C. The Balaban J connectivity index is 4.49. The number of likely N-dealkylation sites (N-methyl/N-ethyl adjacent to an activating group) is 1. The number of carbonyl (C=O) groups excluding carboxylic acids is 2. The monoisotopic (exact) mass is 891 g/mol. The van der Waals surface area contributed by atoms with Crippen LogP contribution in [0.2, 0.25) is 0 Å². The van der Waals surface area contributed by atoms with Gasteiger partial charge in [0.2, 0.25) is 0 Å². The van der Waals surface area contributed by atoms with E-state index in [4.69, 9.17) is 18.5 Å². The van der Waals surface area contributed by atoms with E-state index in [0.717, 1.165) is 64.2 Å². The van der Waals surface area contributed by atoms with Crippen molar-refractivity contribution in [3.8, 4) is 0 Å². The maximum absolute atomic E-state index is 12.7. The molecule has 0 aromatic heterocycles. The molecule has 0 saturated carbocycles. The summed E-state index contributed by atoms with van der Waals surface area (Å²) < 4.78 is 34.2. The third-order valence-corrected chi connectivity index (χ3v) is 10.7. The van der Waals surface area contributed by atoms with Gasteiger partial charge in [0.1, 0.15) is 19.8 Å². The number of allylic oxidation sites excluding steroid dienone is 12. The van der Waals surface area contributed by atoms with Crippen molar-refractivity contribution in [3.05, 3.63) is 85.1 Å². The molecular formula is C51H89NO9P+. The van der Waals surface area contributed by atoms with Crippen LogP contribution in [0.5, 0.6) is 0 Å². The fourth-order valence-corrected chi connectivity index (χ4v) is 6.66. The number of aliphatic hydroxyl groups excluding tert-OH is 1. The Morgan fingerprint density at radius 3 is 1.71 bits per heavy atom. The third-order valence-electron chi connectivity index (χ3n) is 9.73. The van der Waals surface area contributed by atoms with Crippen molar-refractivity contribution < 1.29 is 47.2 Å². The molecule has 0 aliphatic carbocycles. The summed E-state index contributed by atoms with van der Waals surface area (Å²) in [5.74, 6) is -0.927. The van der Waals surface area contributed by atoms with Crippen molar-refractivity contribution in [2.45, 2.75) is 180 Å². The van der Waals surface area contributed by atoms with Crippen molar-refractivity contribution in [2.75, 3.05) is 47.5 Å². The number of phosphoric ester groups is 1. The van der Waals surface area contributed by atoms with Gasteiger partial charge in [0, 0.05) is 12.8 Å². The molecule has 0 spiro atoms. The van der Waals surface area contributed by atoms with Gasteiger partial charge in [-0.2, -0.15) is 0 Å². The van der Waals surface area contributed by atoms with Crippen molar-refractivity contribution in [1.29, 1.82) is 0 Å². The van der Waals surface area contributed by atoms with Gasteiger partial charge >= 0.3 is 19.8 Å². The van der Waals surface area contributed by atoms with Crippen LogP contribution in [0.1, 0.15) is 168 Å². The molecule has 0 fully saturated rings. The maximum Gasteiger partial charge on any atom is 0.472 e. The van der Waals surface area contributed by atoms with E-state index in [1.54, 1.807) is 6.08 Å². The molecular weight excluding hydrogens is 802 g/mol. The summed E-state index contributed by atoms with van der Waals surface area (Å²) in [5, 5.41) is 10.1. The molecule has 11 heteroatoms. The number of carbonyl (C=O) groups is 2. The first-order valence-electron chi connectivity index (χ1n) is 23.9. The number of esters is 2. The first kappa shape index (κ1) is 59.1. The van der Waals surface area contributed by atoms with Crippen LogP contribution in [0.4, 0.5) is 0 Å². The normalized spacial score (nSPS) is 14.8. The van der Waals surface area contributed by atoms with Crippen LogP contribution in [-0.4, -0.2) is 86.1 Å². The first-order chi connectivity index (χ1) is 29.9. The molecule has 3 atom stereocenters. The lowest BCUT2D eigenvalue weighted by molar-refractivity contribution is -0.870. The standard InChI is InChI=1S/C51H88NO9P/c1-6-8-10-12-14-15-16-17-18-19-20-21-22-23-24-25-26-30-34-38-42-50(54)58-46-49(47-60-62(56,57)59-45-44-52(3,4)5)61-51(55)43-39-35-31-27-29-33-37-41-48(53)40-36-32-28-13-11-9-7-2/h15-16,18-19,21-22,27-28,31-33,36-37,40,48-49,53H,6-14,17,20,23-26,29-30,34-35,38-39,41-47H2,1-5H3/p+1/b16-15-,19-18-,22-21-,31-27+,32-28-,37-33-,40-36-/t48-,49+/m0/s1. The zero-order valence-corrected chi connectivity index (χ0v) is 40.6. The van der Waals surface area contributed by atoms with Crippen LogP contribution in [0, 0.1) is 0 Å². The summed E-state index contributed by atoms with van der Waals surface area (Å²) >= 11 is 0. The minimum absolute atomic E-state index is 0.00308. The average molecular weight is 891 g/mol. The molecule has 0 saturated heterocycles. The molecule has 10 nitrogen and oxygen atoms in total. The Morgan fingerprint density at radius 2 is 1.08 bits per heavy atom. The van der Waals surface area contributed by atoms with Gasteiger partial charge in [-0.1, -0.05) is 157 Å². The smallest absolute Gasteiger partial charge is 0.462 e. The molecule has 0 radical (unpaired) electrons. The Hall–Kier alpha value is -2.85. The number of phosphoric acid groups is 1. The summed E-state index contributed by atoms with van der Waals surface area (Å²) in [6.07, 6.45) is 50.9. The van der Waals surface area contributed by atoms with Crippen LogP contribution in [0.15, 0.2) is 85.1 Å². The molecule has 1 unspecified atom stereocenters. The number of nitrogens with zero attached hydrogens (tertiary/aromatic N) is 1. The minimum atomic E-state index is -4.42. The molecule has 356 valence electrons. The van der Waals surface area contributed by atoms with Crippen molar-refractivity contribution in [2.24, 2.45) is 0 Å². The number of unbranched alkanes of at least 4 members (excludes halogenated alkanes) is 14. The van der Waals surface area contributed by atoms with Crippen LogP contribution >= 0.6 is 7.82 Å². The van der Waals surface area contributed by atoms with Gasteiger partial charge < -0.3 is 24.0 Å². The zero-order chi connectivity index (χ0) is 45.8. The number of quaternary nitrogens is 1. The Kier molecular flexibility index (Phi) is 40.2. The maximum atomic E-state index is 12.7. The van der Waals surface area contributed by atoms with Gasteiger partial charge in [0.15, 0.2) is 6.10 Å². The summed E-state index contributed by atoms with van der Waals surface area (Å²) in [4.78, 5) is 35.4. The molecule has 0 aromatic rings. The van der Waals surface area contributed by atoms with E-state index >= 15 is 0 Å². The van der Waals surface area contributed by atoms with Gasteiger partial charge in [0.25, 0.3) is 0 Å². The summed E-state index contributed by atoms with van der Waals surface area (Å²) in [6, 6.07) is 0. The van der Waals surface area contributed by atoms with Crippen LogP contribution in [-0.2, 0) is 32.7 Å². The van der Waals surface area contributed by atoms with Crippen molar-refractivity contribution in [3.63, 3.8) is 0 Å². The van der Waals surface area contributed by atoms with E-state index in [9.17, 15) is 24.2 Å².